The first kappa shape index (κ1) is 13.4. The molecule has 0 aliphatic rings. The highest BCUT2D eigenvalue weighted by molar-refractivity contribution is 9.10. The fourth-order valence-electron chi connectivity index (χ4n) is 1.35. The van der Waals surface area contributed by atoms with E-state index in [1.807, 2.05) is 13.2 Å². The first-order chi connectivity index (χ1) is 8.54. The molecule has 0 unspecified atom stereocenters. The molecule has 1 heterocycles. The number of aryl methyl sites for hydroxylation is 1. The quantitative estimate of drug-likeness (QED) is 0.675. The van der Waals surface area contributed by atoms with Crippen molar-refractivity contribution < 1.29 is 0 Å². The van der Waals surface area contributed by atoms with Crippen LogP contribution in [-0.2, 0) is 7.05 Å². The van der Waals surface area contributed by atoms with Gasteiger partial charge in [0.1, 0.15) is 5.69 Å². The van der Waals surface area contributed by atoms with Crippen molar-refractivity contribution in [2.75, 3.05) is 5.43 Å². The van der Waals surface area contributed by atoms with Gasteiger partial charge in [-0.15, -0.1) is 0 Å². The molecule has 0 bridgehead atoms. The lowest BCUT2D eigenvalue weighted by atomic mass is 10.3. The first-order valence-electron chi connectivity index (χ1n) is 4.99. The van der Waals surface area contributed by atoms with Crippen LogP contribution in [0.25, 0.3) is 0 Å². The summed E-state index contributed by atoms with van der Waals surface area (Å²) in [6.07, 6.45) is 3.45. The maximum Gasteiger partial charge on any atom is 0.119 e. The Hall–Kier alpha value is -1.04. The summed E-state index contributed by atoms with van der Waals surface area (Å²) in [5, 5.41) is 9.38. The Labute approximate surface area is 123 Å². The number of rotatable bonds is 3. The predicted octanol–water partition coefficient (Wildman–Crippen LogP) is 3.94. The van der Waals surface area contributed by atoms with E-state index in [1.165, 1.54) is 0 Å². The smallest absolute Gasteiger partial charge is 0.119 e. The Morgan fingerprint density at radius 1 is 1.33 bits per heavy atom. The number of hydrogen-bond donors (Lipinski definition) is 1. The van der Waals surface area contributed by atoms with Gasteiger partial charge in [-0.1, -0.05) is 23.2 Å². The number of hydrogen-bond acceptors (Lipinski definition) is 3. The lowest BCUT2D eigenvalue weighted by Gasteiger charge is -2.01. The van der Waals surface area contributed by atoms with Crippen LogP contribution in [0.15, 0.2) is 34.0 Å². The number of benzene rings is 1. The van der Waals surface area contributed by atoms with Crippen LogP contribution in [0.2, 0.25) is 10.0 Å². The summed E-state index contributed by atoms with van der Waals surface area (Å²) in [7, 11) is 1.84. The standard InChI is InChI=1S/C11H9BrCl2N4/c1-18-6-10(12)11(17-18)5-15-16-9-3-7(13)2-8(14)4-9/h2-6,16H,1H3. The van der Waals surface area contributed by atoms with Gasteiger partial charge in [0, 0.05) is 23.3 Å². The molecule has 2 aromatic rings. The SMILES string of the molecule is Cn1cc(Br)c(C=NNc2cc(Cl)cc(Cl)c2)n1. The van der Waals surface area contributed by atoms with Crippen LogP contribution in [0.5, 0.6) is 0 Å². The van der Waals surface area contributed by atoms with E-state index in [1.54, 1.807) is 29.1 Å². The molecular weight excluding hydrogens is 339 g/mol. The second-order valence-corrected chi connectivity index (χ2v) is 5.29. The molecule has 0 saturated heterocycles. The zero-order valence-electron chi connectivity index (χ0n) is 9.36. The van der Waals surface area contributed by atoms with Crippen molar-refractivity contribution in [3.63, 3.8) is 0 Å². The minimum absolute atomic E-state index is 0.555. The molecule has 0 radical (unpaired) electrons. The van der Waals surface area contributed by atoms with Gasteiger partial charge < -0.3 is 0 Å². The van der Waals surface area contributed by atoms with E-state index in [2.05, 4.69) is 31.6 Å². The molecular formula is C11H9BrCl2N4. The summed E-state index contributed by atoms with van der Waals surface area (Å²) in [5.41, 5.74) is 4.29. The number of nitrogens with one attached hydrogen (secondary N) is 1. The van der Waals surface area contributed by atoms with E-state index in [9.17, 15) is 0 Å². The third-order valence-electron chi connectivity index (χ3n) is 2.05. The van der Waals surface area contributed by atoms with Crippen molar-refractivity contribution in [3.8, 4) is 0 Å². The van der Waals surface area contributed by atoms with E-state index in [0.29, 0.717) is 10.0 Å². The van der Waals surface area contributed by atoms with Crippen molar-refractivity contribution in [2.45, 2.75) is 0 Å². The predicted molar refractivity (Wildman–Crippen MR) is 78.6 cm³/mol. The molecule has 7 heteroatoms. The van der Waals surface area contributed by atoms with Crippen molar-refractivity contribution in [2.24, 2.45) is 12.1 Å². The fourth-order valence-corrected chi connectivity index (χ4v) is 2.35. The van der Waals surface area contributed by atoms with Crippen LogP contribution in [0.3, 0.4) is 0 Å². The lowest BCUT2D eigenvalue weighted by molar-refractivity contribution is 0.765. The van der Waals surface area contributed by atoms with Crippen molar-refractivity contribution in [1.82, 2.24) is 9.78 Å². The van der Waals surface area contributed by atoms with Crippen LogP contribution in [0.4, 0.5) is 5.69 Å². The highest BCUT2D eigenvalue weighted by Crippen LogP contribution is 2.22. The zero-order chi connectivity index (χ0) is 13.1. The van der Waals surface area contributed by atoms with Crippen molar-refractivity contribution in [3.05, 3.63) is 44.6 Å². The monoisotopic (exact) mass is 346 g/mol. The van der Waals surface area contributed by atoms with Crippen molar-refractivity contribution in [1.29, 1.82) is 0 Å². The Kier molecular flexibility index (Phi) is 4.27. The van der Waals surface area contributed by atoms with Gasteiger partial charge in [0.2, 0.25) is 0 Å². The fraction of sp³-hybridized carbons (Fsp3) is 0.0909. The summed E-state index contributed by atoms with van der Waals surface area (Å²) >= 11 is 15.1. The number of hydrazone groups is 1. The largest absolute Gasteiger partial charge is 0.278 e. The molecule has 0 saturated carbocycles. The summed E-state index contributed by atoms with van der Waals surface area (Å²) in [5.74, 6) is 0. The normalized spacial score (nSPS) is 11.1. The Bertz CT molecular complexity index is 574. The molecule has 1 N–H and O–H groups in total. The Balaban J connectivity index is 2.09. The average molecular weight is 348 g/mol. The highest BCUT2D eigenvalue weighted by Gasteiger charge is 2.01. The number of anilines is 1. The molecule has 0 fully saturated rings. The second-order valence-electron chi connectivity index (χ2n) is 3.56. The molecule has 2 rings (SSSR count). The van der Waals surface area contributed by atoms with Crippen LogP contribution in [-0.4, -0.2) is 16.0 Å². The van der Waals surface area contributed by atoms with Gasteiger partial charge >= 0.3 is 0 Å². The number of nitrogens with zero attached hydrogens (tertiary/aromatic N) is 3. The molecule has 0 aliphatic carbocycles. The minimum Gasteiger partial charge on any atom is -0.278 e. The van der Waals surface area contributed by atoms with Gasteiger partial charge in [0.05, 0.1) is 16.4 Å². The molecule has 94 valence electrons. The zero-order valence-corrected chi connectivity index (χ0v) is 12.5. The average Bonchev–Trinajstić information content (AvgIpc) is 2.56. The van der Waals surface area contributed by atoms with Gasteiger partial charge in [-0.3, -0.25) is 10.1 Å². The summed E-state index contributed by atoms with van der Waals surface area (Å²) in [6, 6.07) is 5.13. The maximum absolute atomic E-state index is 5.88. The topological polar surface area (TPSA) is 42.2 Å². The summed E-state index contributed by atoms with van der Waals surface area (Å²) in [4.78, 5) is 0. The number of halogens is 3. The van der Waals surface area contributed by atoms with Gasteiger partial charge in [0.25, 0.3) is 0 Å². The van der Waals surface area contributed by atoms with Gasteiger partial charge in [-0.05, 0) is 34.1 Å². The summed E-state index contributed by atoms with van der Waals surface area (Å²) in [6.45, 7) is 0. The van der Waals surface area contributed by atoms with Crippen LogP contribution >= 0.6 is 39.1 Å². The molecule has 0 aliphatic heterocycles. The van der Waals surface area contributed by atoms with Crippen molar-refractivity contribution >= 4 is 51.0 Å². The first-order valence-corrected chi connectivity index (χ1v) is 6.54. The molecule has 0 spiro atoms. The maximum atomic E-state index is 5.88. The molecule has 4 nitrogen and oxygen atoms in total. The van der Waals surface area contributed by atoms with Crippen LogP contribution in [0, 0.1) is 0 Å². The third kappa shape index (κ3) is 3.48. The summed E-state index contributed by atoms with van der Waals surface area (Å²) < 4.78 is 2.57. The van der Waals surface area contributed by atoms with E-state index in [0.717, 1.165) is 15.9 Å². The second kappa shape index (κ2) is 5.73. The third-order valence-corrected chi connectivity index (χ3v) is 3.10. The van der Waals surface area contributed by atoms with E-state index >= 15 is 0 Å². The lowest BCUT2D eigenvalue weighted by Crippen LogP contribution is -1.93. The van der Waals surface area contributed by atoms with Gasteiger partial charge in [0.15, 0.2) is 0 Å². The molecule has 1 aromatic heterocycles. The van der Waals surface area contributed by atoms with Crippen LogP contribution in [0.1, 0.15) is 5.69 Å². The van der Waals surface area contributed by atoms with E-state index < -0.39 is 0 Å². The van der Waals surface area contributed by atoms with E-state index in [4.69, 9.17) is 23.2 Å². The molecule has 0 atom stereocenters. The minimum atomic E-state index is 0.555. The number of aromatic nitrogens is 2. The molecule has 1 aromatic carbocycles. The Morgan fingerprint density at radius 2 is 2.00 bits per heavy atom. The molecule has 0 amide bonds. The Morgan fingerprint density at radius 3 is 2.56 bits per heavy atom. The van der Waals surface area contributed by atoms with Gasteiger partial charge in [-0.25, -0.2) is 0 Å². The molecule has 18 heavy (non-hydrogen) atoms. The van der Waals surface area contributed by atoms with Gasteiger partial charge in [-0.2, -0.15) is 10.2 Å². The highest BCUT2D eigenvalue weighted by atomic mass is 79.9. The van der Waals surface area contributed by atoms with E-state index in [-0.39, 0.29) is 0 Å². The van der Waals surface area contributed by atoms with Crippen LogP contribution < -0.4 is 5.43 Å².